The van der Waals surface area contributed by atoms with Crippen LogP contribution in [0.25, 0.3) is 0 Å². The molecule has 1 aromatic heterocycles. The maximum Gasteiger partial charge on any atom is 0.117 e. The molecule has 1 aliphatic rings. The van der Waals surface area contributed by atoms with Crippen molar-refractivity contribution in [1.29, 1.82) is 0 Å². The van der Waals surface area contributed by atoms with Crippen molar-refractivity contribution >= 4 is 23.1 Å². The number of thioether (sulfide) groups is 1. The van der Waals surface area contributed by atoms with Gasteiger partial charge in [-0.3, -0.25) is 0 Å². The number of hydrogen-bond donors (Lipinski definition) is 1. The molecule has 3 rings (SSSR count). The Kier molecular flexibility index (Phi) is 4.41. The molecule has 0 radical (unpaired) electrons. The Morgan fingerprint density at radius 2 is 2.00 bits per heavy atom. The van der Waals surface area contributed by atoms with Crippen molar-refractivity contribution < 1.29 is 5.11 Å². The highest BCUT2D eigenvalue weighted by atomic mass is 32.2. The molecule has 4 heteroatoms. The number of aliphatic hydroxyl groups is 1. The molecule has 112 valence electrons. The summed E-state index contributed by atoms with van der Waals surface area (Å²) in [6, 6.07) is 10.5. The van der Waals surface area contributed by atoms with Crippen LogP contribution in [-0.2, 0) is 11.4 Å². The van der Waals surface area contributed by atoms with Gasteiger partial charge in [-0.25, -0.2) is 0 Å². The number of fused-ring (bicyclic) bond motifs is 2. The lowest BCUT2D eigenvalue weighted by Crippen LogP contribution is -2.29. The van der Waals surface area contributed by atoms with E-state index in [0.717, 1.165) is 36.3 Å². The van der Waals surface area contributed by atoms with Crippen molar-refractivity contribution in [1.82, 2.24) is 4.90 Å². The maximum absolute atomic E-state index is 11.5. The molecular formula is C17H21NOS2. The summed E-state index contributed by atoms with van der Waals surface area (Å²) in [4.78, 5) is 2.18. The van der Waals surface area contributed by atoms with Crippen LogP contribution >= 0.6 is 23.1 Å². The summed E-state index contributed by atoms with van der Waals surface area (Å²) < 4.78 is 1.26. The normalized spacial score (nSPS) is 21.0. The zero-order valence-corrected chi connectivity index (χ0v) is 14.1. The predicted octanol–water partition coefficient (Wildman–Crippen LogP) is 3.93. The SMILES string of the molecule is CN(C)CCCC1(O)c2ccccc2CSc2sccc21. The summed E-state index contributed by atoms with van der Waals surface area (Å²) in [7, 11) is 4.16. The molecule has 0 saturated heterocycles. The van der Waals surface area contributed by atoms with Gasteiger partial charge in [-0.05, 0) is 56.1 Å². The van der Waals surface area contributed by atoms with E-state index < -0.39 is 5.60 Å². The second kappa shape index (κ2) is 6.13. The van der Waals surface area contributed by atoms with E-state index in [1.165, 1.54) is 9.77 Å². The molecule has 21 heavy (non-hydrogen) atoms. The van der Waals surface area contributed by atoms with Crippen LogP contribution in [0.4, 0.5) is 0 Å². The van der Waals surface area contributed by atoms with Gasteiger partial charge in [0.2, 0.25) is 0 Å². The molecule has 0 amide bonds. The molecule has 2 heterocycles. The summed E-state index contributed by atoms with van der Waals surface area (Å²) in [6.45, 7) is 0.997. The minimum atomic E-state index is -0.842. The highest BCUT2D eigenvalue weighted by molar-refractivity contribution is 8.00. The van der Waals surface area contributed by atoms with Gasteiger partial charge in [0.15, 0.2) is 0 Å². The fourth-order valence-corrected chi connectivity index (χ4v) is 5.21. The first-order valence-electron chi connectivity index (χ1n) is 7.27. The van der Waals surface area contributed by atoms with Gasteiger partial charge in [-0.1, -0.05) is 24.3 Å². The largest absolute Gasteiger partial charge is 0.380 e. The van der Waals surface area contributed by atoms with Crippen LogP contribution in [-0.4, -0.2) is 30.6 Å². The van der Waals surface area contributed by atoms with E-state index in [2.05, 4.69) is 48.6 Å². The Morgan fingerprint density at radius 3 is 2.81 bits per heavy atom. The Morgan fingerprint density at radius 1 is 1.19 bits per heavy atom. The number of rotatable bonds is 4. The lowest BCUT2D eigenvalue weighted by Gasteiger charge is -2.30. The van der Waals surface area contributed by atoms with Crippen LogP contribution in [0, 0.1) is 0 Å². The highest BCUT2D eigenvalue weighted by Gasteiger charge is 2.37. The fraction of sp³-hybridized carbons (Fsp3) is 0.412. The number of nitrogens with zero attached hydrogens (tertiary/aromatic N) is 1. The third kappa shape index (κ3) is 2.90. The van der Waals surface area contributed by atoms with Crippen LogP contribution < -0.4 is 0 Å². The molecule has 1 atom stereocenters. The highest BCUT2D eigenvalue weighted by Crippen LogP contribution is 2.47. The monoisotopic (exact) mass is 319 g/mol. The maximum atomic E-state index is 11.5. The molecule has 1 unspecified atom stereocenters. The average molecular weight is 319 g/mol. The molecule has 0 saturated carbocycles. The number of thiophene rings is 1. The Labute approximate surface area is 134 Å². The molecule has 1 aliphatic heterocycles. The summed E-state index contributed by atoms with van der Waals surface area (Å²) in [5, 5.41) is 13.6. The van der Waals surface area contributed by atoms with Crippen molar-refractivity contribution in [2.45, 2.75) is 28.4 Å². The second-order valence-electron chi connectivity index (χ2n) is 5.83. The molecule has 2 nitrogen and oxygen atoms in total. The lowest BCUT2D eigenvalue weighted by atomic mass is 9.82. The third-order valence-electron chi connectivity index (χ3n) is 4.04. The van der Waals surface area contributed by atoms with Gasteiger partial charge in [0.25, 0.3) is 0 Å². The van der Waals surface area contributed by atoms with Gasteiger partial charge in [-0.15, -0.1) is 23.1 Å². The van der Waals surface area contributed by atoms with Crippen LogP contribution in [0.1, 0.15) is 29.5 Å². The lowest BCUT2D eigenvalue weighted by molar-refractivity contribution is 0.0643. The van der Waals surface area contributed by atoms with Crippen molar-refractivity contribution in [2.75, 3.05) is 20.6 Å². The molecule has 0 fully saturated rings. The Balaban J connectivity index is 2.01. The van der Waals surface area contributed by atoms with Gasteiger partial charge in [0.05, 0.1) is 4.21 Å². The smallest absolute Gasteiger partial charge is 0.117 e. The molecule has 1 N–H and O–H groups in total. The summed E-state index contributed by atoms with van der Waals surface area (Å²) in [6.07, 6.45) is 1.75. The van der Waals surface area contributed by atoms with Crippen molar-refractivity contribution in [3.05, 3.63) is 52.4 Å². The fourth-order valence-electron chi connectivity index (χ4n) is 2.97. The van der Waals surface area contributed by atoms with E-state index in [1.54, 1.807) is 11.3 Å². The van der Waals surface area contributed by atoms with E-state index in [9.17, 15) is 5.11 Å². The van der Waals surface area contributed by atoms with Gasteiger partial charge in [0.1, 0.15) is 5.60 Å². The molecule has 1 aromatic carbocycles. The first-order valence-corrected chi connectivity index (χ1v) is 9.14. The van der Waals surface area contributed by atoms with Crippen molar-refractivity contribution in [2.24, 2.45) is 0 Å². The molecule has 0 bridgehead atoms. The molecule has 0 aliphatic carbocycles. The zero-order valence-electron chi connectivity index (χ0n) is 12.5. The predicted molar refractivity (Wildman–Crippen MR) is 91.1 cm³/mol. The number of benzene rings is 1. The standard InChI is InChI=1S/C17H21NOS2/c1-18(2)10-5-9-17(19)14-7-4-3-6-13(14)12-21-16-15(17)8-11-20-16/h3-4,6-8,11,19H,5,9-10,12H2,1-2H3. The van der Waals surface area contributed by atoms with Crippen LogP contribution in [0.15, 0.2) is 39.9 Å². The molecular weight excluding hydrogens is 298 g/mol. The van der Waals surface area contributed by atoms with Crippen LogP contribution in [0.5, 0.6) is 0 Å². The Bertz CT molecular complexity index is 623. The van der Waals surface area contributed by atoms with Crippen molar-refractivity contribution in [3.8, 4) is 0 Å². The van der Waals surface area contributed by atoms with E-state index in [0.29, 0.717) is 0 Å². The zero-order chi connectivity index (χ0) is 14.9. The first kappa shape index (κ1) is 15.1. The van der Waals surface area contributed by atoms with E-state index >= 15 is 0 Å². The third-order valence-corrected chi connectivity index (χ3v) is 6.33. The molecule has 2 aromatic rings. The topological polar surface area (TPSA) is 23.5 Å². The van der Waals surface area contributed by atoms with E-state index in [1.807, 2.05) is 17.8 Å². The van der Waals surface area contributed by atoms with E-state index in [4.69, 9.17) is 0 Å². The van der Waals surface area contributed by atoms with Crippen molar-refractivity contribution in [3.63, 3.8) is 0 Å². The Hall–Kier alpha value is -0.810. The minimum absolute atomic E-state index is 0.770. The number of hydrogen-bond acceptors (Lipinski definition) is 4. The first-order chi connectivity index (χ1) is 10.1. The second-order valence-corrected chi connectivity index (χ2v) is 7.99. The minimum Gasteiger partial charge on any atom is -0.380 e. The van der Waals surface area contributed by atoms with Crippen LogP contribution in [0.2, 0.25) is 0 Å². The van der Waals surface area contributed by atoms with Gasteiger partial charge < -0.3 is 10.0 Å². The quantitative estimate of drug-likeness (QED) is 0.923. The van der Waals surface area contributed by atoms with Gasteiger partial charge in [0, 0.05) is 11.3 Å². The summed E-state index contributed by atoms with van der Waals surface area (Å²) >= 11 is 3.59. The molecule has 0 spiro atoms. The summed E-state index contributed by atoms with van der Waals surface area (Å²) in [5.41, 5.74) is 2.61. The van der Waals surface area contributed by atoms with Crippen LogP contribution in [0.3, 0.4) is 0 Å². The average Bonchev–Trinajstić information content (AvgIpc) is 2.90. The van der Waals surface area contributed by atoms with Gasteiger partial charge in [-0.2, -0.15) is 0 Å². The summed E-state index contributed by atoms with van der Waals surface area (Å²) in [5.74, 6) is 0.944. The van der Waals surface area contributed by atoms with E-state index in [-0.39, 0.29) is 0 Å². The van der Waals surface area contributed by atoms with Gasteiger partial charge >= 0.3 is 0 Å².